The first kappa shape index (κ1) is 16.6. The highest BCUT2D eigenvalue weighted by Gasteiger charge is 2.46. The molecule has 0 aromatic heterocycles. The molecule has 0 aliphatic heterocycles. The average molecular weight is 282 g/mol. The van der Waals surface area contributed by atoms with Gasteiger partial charge in [0.25, 0.3) is 5.92 Å². The van der Waals surface area contributed by atoms with Crippen LogP contribution < -0.4 is 0 Å². The first-order valence-electron chi connectivity index (χ1n) is 4.76. The topological polar surface area (TPSA) is 17.1 Å². The molecular weight excluding hydrogens is 270 g/mol. The van der Waals surface area contributed by atoms with Crippen molar-refractivity contribution in [2.75, 3.05) is 5.75 Å². The van der Waals surface area contributed by atoms with E-state index in [0.29, 0.717) is 0 Å². The summed E-state index contributed by atoms with van der Waals surface area (Å²) < 4.78 is 73.3. The summed E-state index contributed by atoms with van der Waals surface area (Å²) in [4.78, 5) is 10.4. The molecule has 0 rings (SSSR count). The Morgan fingerprint density at radius 2 is 1.76 bits per heavy atom. The molecule has 0 heterocycles. The zero-order valence-corrected chi connectivity index (χ0v) is 9.81. The molecule has 0 aliphatic carbocycles. The van der Waals surface area contributed by atoms with Crippen molar-refractivity contribution in [2.45, 2.75) is 44.5 Å². The van der Waals surface area contributed by atoms with Crippen molar-refractivity contribution in [3.8, 4) is 0 Å². The summed E-state index contributed by atoms with van der Waals surface area (Å²) in [6.45, 7) is 1.25. The van der Waals surface area contributed by atoms with Gasteiger partial charge in [0.1, 0.15) is 0 Å². The summed E-state index contributed by atoms with van der Waals surface area (Å²) in [5.41, 5.74) is 0. The highest BCUT2D eigenvalue weighted by atomic mass is 32.2. The van der Waals surface area contributed by atoms with Crippen molar-refractivity contribution in [2.24, 2.45) is 0 Å². The van der Waals surface area contributed by atoms with Gasteiger partial charge in [-0.1, -0.05) is 11.8 Å². The van der Waals surface area contributed by atoms with Gasteiger partial charge >= 0.3 is 6.18 Å². The van der Waals surface area contributed by atoms with E-state index in [4.69, 9.17) is 0 Å². The van der Waals surface area contributed by atoms with E-state index in [2.05, 4.69) is 0 Å². The van der Waals surface area contributed by atoms with Crippen molar-refractivity contribution in [1.82, 2.24) is 0 Å². The van der Waals surface area contributed by atoms with Crippen LogP contribution in [-0.2, 0) is 4.79 Å². The smallest absolute Gasteiger partial charge is 0.288 e. The van der Waals surface area contributed by atoms with Crippen LogP contribution in [0.1, 0.15) is 26.2 Å². The average Bonchev–Trinajstić information content (AvgIpc) is 2.10. The molecule has 0 aromatic rings. The lowest BCUT2D eigenvalue weighted by Crippen LogP contribution is -2.32. The number of rotatable bonds is 6. The van der Waals surface area contributed by atoms with Crippen LogP contribution in [0, 0.1) is 0 Å². The maximum Gasteiger partial charge on any atom is 0.419 e. The Hall–Kier alpha value is -0.400. The van der Waals surface area contributed by atoms with E-state index in [1.807, 2.05) is 0 Å². The predicted molar refractivity (Wildman–Crippen MR) is 52.9 cm³/mol. The minimum atomic E-state index is -5.25. The Morgan fingerprint density at radius 3 is 2.18 bits per heavy atom. The van der Waals surface area contributed by atoms with Crippen LogP contribution in [0.5, 0.6) is 0 Å². The molecule has 0 saturated heterocycles. The van der Waals surface area contributed by atoms with Crippen LogP contribution in [0.4, 0.5) is 26.3 Å². The van der Waals surface area contributed by atoms with Gasteiger partial charge in [-0.3, -0.25) is 4.79 Å². The zero-order chi connectivity index (χ0) is 13.7. The third-order valence-corrected chi connectivity index (χ3v) is 2.72. The summed E-state index contributed by atoms with van der Waals surface area (Å²) in [6.07, 6.45) is -11.6. The standard InChI is InChI=1S/C9H12F6OS/c1-6(16)17-4-2-3-8(11,12)5-7(10)9(13,14)15/h7H,2-5H2,1H3. The molecule has 1 atom stereocenters. The second-order valence-corrected chi connectivity index (χ2v) is 4.78. The summed E-state index contributed by atoms with van der Waals surface area (Å²) in [5.74, 6) is -3.61. The molecule has 102 valence electrons. The van der Waals surface area contributed by atoms with Gasteiger partial charge in [0.15, 0.2) is 5.12 Å². The predicted octanol–water partition coefficient (Wildman–Crippen LogP) is 3.97. The fourth-order valence-corrected chi connectivity index (χ4v) is 1.60. The second kappa shape index (κ2) is 6.51. The van der Waals surface area contributed by atoms with Gasteiger partial charge in [0.2, 0.25) is 6.17 Å². The summed E-state index contributed by atoms with van der Waals surface area (Å²) in [7, 11) is 0. The lowest BCUT2D eigenvalue weighted by Gasteiger charge is -2.20. The molecule has 1 unspecified atom stereocenters. The maximum atomic E-state index is 12.9. The van der Waals surface area contributed by atoms with Gasteiger partial charge in [0.05, 0.1) is 6.42 Å². The van der Waals surface area contributed by atoms with Crippen molar-refractivity contribution in [1.29, 1.82) is 0 Å². The van der Waals surface area contributed by atoms with Crippen LogP contribution in [-0.4, -0.2) is 29.1 Å². The van der Waals surface area contributed by atoms with Crippen LogP contribution >= 0.6 is 11.8 Å². The number of carbonyl (C=O) groups excluding carboxylic acids is 1. The maximum absolute atomic E-state index is 12.9. The first-order chi connectivity index (χ1) is 7.54. The van der Waals surface area contributed by atoms with Crippen LogP contribution in [0.3, 0.4) is 0 Å². The number of alkyl halides is 6. The molecule has 0 radical (unpaired) electrons. The Labute approximate surface area is 98.9 Å². The molecular formula is C9H12F6OS. The number of halogens is 6. The third-order valence-electron chi connectivity index (χ3n) is 1.83. The summed E-state index contributed by atoms with van der Waals surface area (Å²) in [5, 5.41) is -0.257. The van der Waals surface area contributed by atoms with E-state index < -0.39 is 31.1 Å². The summed E-state index contributed by atoms with van der Waals surface area (Å²) in [6, 6.07) is 0. The molecule has 0 saturated carbocycles. The van der Waals surface area contributed by atoms with Crippen molar-refractivity contribution in [3.63, 3.8) is 0 Å². The van der Waals surface area contributed by atoms with Gasteiger partial charge in [-0.2, -0.15) is 13.2 Å². The molecule has 0 aromatic carbocycles. The highest BCUT2D eigenvalue weighted by Crippen LogP contribution is 2.34. The SMILES string of the molecule is CC(=O)SCCCC(F)(F)CC(F)C(F)(F)F. The van der Waals surface area contributed by atoms with Crippen LogP contribution in [0.15, 0.2) is 0 Å². The zero-order valence-electron chi connectivity index (χ0n) is 8.99. The van der Waals surface area contributed by atoms with E-state index in [1.54, 1.807) is 0 Å². The van der Waals surface area contributed by atoms with E-state index in [0.717, 1.165) is 11.8 Å². The van der Waals surface area contributed by atoms with Gasteiger partial charge in [0, 0.05) is 19.1 Å². The first-order valence-corrected chi connectivity index (χ1v) is 5.75. The van der Waals surface area contributed by atoms with Crippen LogP contribution in [0.25, 0.3) is 0 Å². The number of carbonyl (C=O) groups is 1. The normalized spacial score (nSPS) is 14.8. The molecule has 0 aliphatic rings. The minimum Gasteiger partial charge on any atom is -0.288 e. The Kier molecular flexibility index (Phi) is 6.36. The minimum absolute atomic E-state index is 0.0912. The fraction of sp³-hybridized carbons (Fsp3) is 0.889. The molecule has 8 heteroatoms. The molecule has 0 bridgehead atoms. The fourth-order valence-electron chi connectivity index (χ4n) is 1.03. The van der Waals surface area contributed by atoms with Gasteiger partial charge in [-0.05, 0) is 6.42 Å². The van der Waals surface area contributed by atoms with E-state index in [-0.39, 0.29) is 17.3 Å². The van der Waals surface area contributed by atoms with Gasteiger partial charge in [-0.15, -0.1) is 0 Å². The molecule has 0 spiro atoms. The molecule has 0 fully saturated rings. The third kappa shape index (κ3) is 8.34. The van der Waals surface area contributed by atoms with E-state index in [9.17, 15) is 31.1 Å². The molecule has 0 amide bonds. The van der Waals surface area contributed by atoms with Crippen molar-refractivity contribution >= 4 is 16.9 Å². The van der Waals surface area contributed by atoms with Gasteiger partial charge < -0.3 is 0 Å². The lowest BCUT2D eigenvalue weighted by molar-refractivity contribution is -0.199. The molecule has 1 nitrogen and oxygen atoms in total. The molecule has 0 N–H and O–H groups in total. The van der Waals surface area contributed by atoms with E-state index >= 15 is 0 Å². The monoisotopic (exact) mass is 282 g/mol. The Bertz CT molecular complexity index is 252. The number of hydrogen-bond acceptors (Lipinski definition) is 2. The quantitative estimate of drug-likeness (QED) is 0.541. The number of thioether (sulfide) groups is 1. The van der Waals surface area contributed by atoms with Crippen molar-refractivity contribution < 1.29 is 31.1 Å². The van der Waals surface area contributed by atoms with E-state index in [1.165, 1.54) is 6.92 Å². The number of hydrogen-bond donors (Lipinski definition) is 0. The summed E-state index contributed by atoms with van der Waals surface area (Å²) >= 11 is 0.808. The van der Waals surface area contributed by atoms with Crippen molar-refractivity contribution in [3.05, 3.63) is 0 Å². The molecule has 17 heavy (non-hydrogen) atoms. The van der Waals surface area contributed by atoms with Gasteiger partial charge in [-0.25, -0.2) is 13.2 Å². The Morgan fingerprint density at radius 1 is 1.24 bits per heavy atom. The highest BCUT2D eigenvalue weighted by molar-refractivity contribution is 8.13. The second-order valence-electron chi connectivity index (χ2n) is 3.51. The Balaban J connectivity index is 3.99. The lowest BCUT2D eigenvalue weighted by atomic mass is 10.1. The van der Waals surface area contributed by atoms with Crippen LogP contribution in [0.2, 0.25) is 0 Å². The largest absolute Gasteiger partial charge is 0.419 e.